The monoisotopic (exact) mass is 335 g/mol. The van der Waals surface area contributed by atoms with Gasteiger partial charge in [0, 0.05) is 4.47 Å². The summed E-state index contributed by atoms with van der Waals surface area (Å²) in [5.74, 6) is -0.124. The van der Waals surface area contributed by atoms with Crippen molar-refractivity contribution in [2.24, 2.45) is 0 Å². The Balaban J connectivity index is 2.11. The summed E-state index contributed by atoms with van der Waals surface area (Å²) >= 11 is 3.37. The number of carbonyl (C=O) groups is 1. The Morgan fingerprint density at radius 1 is 1.25 bits per heavy atom. The van der Waals surface area contributed by atoms with Gasteiger partial charge in [-0.15, -0.1) is 0 Å². The van der Waals surface area contributed by atoms with E-state index in [1.807, 2.05) is 24.3 Å². The third-order valence-electron chi connectivity index (χ3n) is 2.73. The van der Waals surface area contributed by atoms with E-state index in [2.05, 4.69) is 15.9 Å². The van der Waals surface area contributed by atoms with Crippen LogP contribution < -0.4 is 10.5 Å². The van der Waals surface area contributed by atoms with Crippen LogP contribution in [0.15, 0.2) is 46.9 Å². The molecule has 0 spiro atoms. The molecule has 0 aliphatic heterocycles. The van der Waals surface area contributed by atoms with Gasteiger partial charge >= 0.3 is 5.97 Å². The number of nitrogens with two attached hydrogens (primary N) is 1. The fourth-order valence-corrected chi connectivity index (χ4v) is 2.24. The smallest absolute Gasteiger partial charge is 0.342 e. The second-order valence-electron chi connectivity index (χ2n) is 4.13. The highest BCUT2D eigenvalue weighted by atomic mass is 79.9. The maximum atomic E-state index is 12.1. The number of anilines is 1. The van der Waals surface area contributed by atoms with Crippen molar-refractivity contribution in [1.29, 1.82) is 0 Å². The lowest BCUT2D eigenvalue weighted by Crippen LogP contribution is -2.08. The molecule has 20 heavy (non-hydrogen) atoms. The van der Waals surface area contributed by atoms with Crippen molar-refractivity contribution < 1.29 is 14.3 Å². The van der Waals surface area contributed by atoms with Gasteiger partial charge in [0.2, 0.25) is 0 Å². The number of halogens is 1. The van der Waals surface area contributed by atoms with Crippen LogP contribution in [-0.2, 0) is 11.3 Å². The number of rotatable bonds is 4. The maximum Gasteiger partial charge on any atom is 0.342 e. The third kappa shape index (κ3) is 3.30. The predicted molar refractivity (Wildman–Crippen MR) is 80.7 cm³/mol. The minimum absolute atomic E-state index is 0.191. The molecule has 0 fully saturated rings. The topological polar surface area (TPSA) is 61.5 Å². The lowest BCUT2D eigenvalue weighted by atomic mass is 10.1. The number of methoxy groups -OCH3 is 1. The van der Waals surface area contributed by atoms with Crippen LogP contribution in [0.5, 0.6) is 5.75 Å². The molecule has 0 radical (unpaired) electrons. The van der Waals surface area contributed by atoms with Crippen molar-refractivity contribution in [3.63, 3.8) is 0 Å². The number of nitrogen functional groups attached to an aromatic ring is 1. The molecule has 0 heterocycles. The van der Waals surface area contributed by atoms with Crippen LogP contribution in [0.3, 0.4) is 0 Å². The normalized spacial score (nSPS) is 10.1. The average Bonchev–Trinajstić information content (AvgIpc) is 2.44. The molecule has 0 saturated carbocycles. The van der Waals surface area contributed by atoms with Gasteiger partial charge in [-0.1, -0.05) is 34.1 Å². The van der Waals surface area contributed by atoms with Gasteiger partial charge in [-0.25, -0.2) is 4.79 Å². The molecule has 2 N–H and O–H groups in total. The molecule has 0 amide bonds. The lowest BCUT2D eigenvalue weighted by molar-refractivity contribution is 0.0469. The summed E-state index contributed by atoms with van der Waals surface area (Å²) in [7, 11) is 1.47. The standard InChI is InChI=1S/C15H14BrNO3/c1-19-14-12(6-3-7-13(14)17)15(18)20-9-10-4-2-5-11(16)8-10/h2-8H,9,17H2,1H3. The van der Waals surface area contributed by atoms with Crippen molar-refractivity contribution in [3.05, 3.63) is 58.1 Å². The molecule has 0 aliphatic carbocycles. The Morgan fingerprint density at radius 2 is 2.00 bits per heavy atom. The minimum Gasteiger partial charge on any atom is -0.494 e. The molecule has 0 saturated heterocycles. The van der Waals surface area contributed by atoms with Gasteiger partial charge in [0.1, 0.15) is 12.2 Å². The highest BCUT2D eigenvalue weighted by Crippen LogP contribution is 2.26. The molecular formula is C15H14BrNO3. The van der Waals surface area contributed by atoms with Crippen LogP contribution in [0.1, 0.15) is 15.9 Å². The average molecular weight is 336 g/mol. The molecule has 104 valence electrons. The Labute approximate surface area is 125 Å². The highest BCUT2D eigenvalue weighted by molar-refractivity contribution is 9.10. The van der Waals surface area contributed by atoms with Gasteiger partial charge in [-0.05, 0) is 29.8 Å². The Kier molecular flexibility index (Phi) is 4.63. The molecule has 5 heteroatoms. The zero-order valence-electron chi connectivity index (χ0n) is 10.9. The van der Waals surface area contributed by atoms with Gasteiger partial charge in [0.05, 0.1) is 12.8 Å². The highest BCUT2D eigenvalue weighted by Gasteiger charge is 2.15. The van der Waals surface area contributed by atoms with Gasteiger partial charge in [0.25, 0.3) is 0 Å². The van der Waals surface area contributed by atoms with Crippen molar-refractivity contribution in [1.82, 2.24) is 0 Å². The second kappa shape index (κ2) is 6.43. The molecule has 0 bridgehead atoms. The van der Waals surface area contributed by atoms with E-state index in [-0.39, 0.29) is 6.61 Å². The molecule has 0 unspecified atom stereocenters. The van der Waals surface area contributed by atoms with Crippen molar-refractivity contribution in [2.45, 2.75) is 6.61 Å². The second-order valence-corrected chi connectivity index (χ2v) is 5.05. The number of para-hydroxylation sites is 1. The first-order valence-electron chi connectivity index (χ1n) is 5.96. The molecule has 0 aliphatic rings. The SMILES string of the molecule is COc1c(N)cccc1C(=O)OCc1cccc(Br)c1. The van der Waals surface area contributed by atoms with E-state index in [0.717, 1.165) is 10.0 Å². The summed E-state index contributed by atoms with van der Waals surface area (Å²) in [6, 6.07) is 12.6. The van der Waals surface area contributed by atoms with Crippen molar-refractivity contribution in [3.8, 4) is 5.75 Å². The van der Waals surface area contributed by atoms with Crippen LogP contribution >= 0.6 is 15.9 Å². The molecule has 0 aromatic heterocycles. The Bertz CT molecular complexity index is 628. The summed E-state index contributed by atoms with van der Waals surface area (Å²) in [5, 5.41) is 0. The van der Waals surface area contributed by atoms with Crippen LogP contribution in [-0.4, -0.2) is 13.1 Å². The Morgan fingerprint density at radius 3 is 2.70 bits per heavy atom. The van der Waals surface area contributed by atoms with E-state index in [9.17, 15) is 4.79 Å². The molecule has 4 nitrogen and oxygen atoms in total. The molecule has 2 aromatic carbocycles. The van der Waals surface area contributed by atoms with E-state index in [1.165, 1.54) is 7.11 Å². The van der Waals surface area contributed by atoms with E-state index in [1.54, 1.807) is 18.2 Å². The van der Waals surface area contributed by atoms with Crippen LogP contribution in [0.25, 0.3) is 0 Å². The largest absolute Gasteiger partial charge is 0.494 e. The minimum atomic E-state index is -0.464. The fourth-order valence-electron chi connectivity index (χ4n) is 1.80. The summed E-state index contributed by atoms with van der Waals surface area (Å²) < 4.78 is 11.3. The summed E-state index contributed by atoms with van der Waals surface area (Å²) in [6.07, 6.45) is 0. The first kappa shape index (κ1) is 14.4. The fraction of sp³-hybridized carbons (Fsp3) is 0.133. The van der Waals surface area contributed by atoms with Gasteiger partial charge in [-0.3, -0.25) is 0 Å². The number of hydrogen-bond acceptors (Lipinski definition) is 4. The predicted octanol–water partition coefficient (Wildman–Crippen LogP) is 3.40. The third-order valence-corrected chi connectivity index (χ3v) is 3.22. The van der Waals surface area contributed by atoms with E-state index < -0.39 is 5.97 Å². The summed E-state index contributed by atoms with van der Waals surface area (Å²) in [6.45, 7) is 0.191. The summed E-state index contributed by atoms with van der Waals surface area (Å²) in [4.78, 5) is 12.1. The molecule has 2 aromatic rings. The van der Waals surface area contributed by atoms with Crippen LogP contribution in [0.4, 0.5) is 5.69 Å². The van der Waals surface area contributed by atoms with Gasteiger partial charge < -0.3 is 15.2 Å². The number of benzene rings is 2. The summed E-state index contributed by atoms with van der Waals surface area (Å²) in [5.41, 5.74) is 7.39. The van der Waals surface area contributed by atoms with Gasteiger partial charge in [0.15, 0.2) is 5.75 Å². The van der Waals surface area contributed by atoms with Crippen molar-refractivity contribution in [2.75, 3.05) is 12.8 Å². The van der Waals surface area contributed by atoms with Crippen LogP contribution in [0.2, 0.25) is 0 Å². The van der Waals surface area contributed by atoms with E-state index >= 15 is 0 Å². The molecular weight excluding hydrogens is 322 g/mol. The van der Waals surface area contributed by atoms with E-state index in [4.69, 9.17) is 15.2 Å². The quantitative estimate of drug-likeness (QED) is 0.687. The van der Waals surface area contributed by atoms with Crippen LogP contribution in [0, 0.1) is 0 Å². The first-order chi connectivity index (χ1) is 9.61. The maximum absolute atomic E-state index is 12.1. The van der Waals surface area contributed by atoms with E-state index in [0.29, 0.717) is 17.0 Å². The zero-order valence-corrected chi connectivity index (χ0v) is 12.5. The number of hydrogen-bond donors (Lipinski definition) is 1. The molecule has 0 atom stereocenters. The lowest BCUT2D eigenvalue weighted by Gasteiger charge is -2.10. The Hall–Kier alpha value is -2.01. The number of ether oxygens (including phenoxy) is 2. The number of esters is 1. The van der Waals surface area contributed by atoms with Gasteiger partial charge in [-0.2, -0.15) is 0 Å². The molecule has 2 rings (SSSR count). The number of carbonyl (C=O) groups excluding carboxylic acids is 1. The van der Waals surface area contributed by atoms with Crippen molar-refractivity contribution >= 4 is 27.6 Å². The zero-order chi connectivity index (χ0) is 14.5. The first-order valence-corrected chi connectivity index (χ1v) is 6.75.